The minimum absolute atomic E-state index is 0.365. The van der Waals surface area contributed by atoms with Gasteiger partial charge in [-0.2, -0.15) is 0 Å². The molecule has 3 spiro atoms. The summed E-state index contributed by atoms with van der Waals surface area (Å²) in [5, 5.41) is 16.3. The van der Waals surface area contributed by atoms with Crippen LogP contribution in [0.25, 0.3) is 99.4 Å². The van der Waals surface area contributed by atoms with Crippen molar-refractivity contribution in [1.29, 1.82) is 0 Å². The summed E-state index contributed by atoms with van der Waals surface area (Å²) >= 11 is 5.64. The van der Waals surface area contributed by atoms with Crippen LogP contribution in [-0.4, -0.2) is 0 Å². The summed E-state index contributed by atoms with van der Waals surface area (Å²) in [6, 6.07) is 177. The molecule has 616 valence electrons. The summed E-state index contributed by atoms with van der Waals surface area (Å²) in [5.74, 6) is 0. The first kappa shape index (κ1) is 77.9. The lowest BCUT2D eigenvalue weighted by Gasteiger charge is -2.40. The first-order valence-corrected chi connectivity index (χ1v) is 47.4. The highest BCUT2D eigenvalue weighted by atomic mass is 32.2. The third-order valence-corrected chi connectivity index (χ3v) is 31.0. The van der Waals surface area contributed by atoms with E-state index in [4.69, 9.17) is 0 Å². The highest BCUT2D eigenvalue weighted by Crippen LogP contribution is 2.66. The van der Waals surface area contributed by atoms with E-state index in [1.165, 1.54) is 196 Å². The van der Waals surface area contributed by atoms with Crippen LogP contribution in [0.2, 0.25) is 0 Å². The summed E-state index contributed by atoms with van der Waals surface area (Å²) in [7, 11) is 0. The summed E-state index contributed by atoms with van der Waals surface area (Å²) in [5.41, 5.74) is 39.5. The van der Waals surface area contributed by atoms with Crippen molar-refractivity contribution in [3.05, 3.63) is 552 Å². The van der Waals surface area contributed by atoms with Gasteiger partial charge >= 0.3 is 0 Å². The van der Waals surface area contributed by atoms with Crippen LogP contribution in [0.1, 0.15) is 66.8 Å². The van der Waals surface area contributed by atoms with Crippen LogP contribution >= 0.6 is 35.3 Å². The topological polar surface area (TPSA) is 36.1 Å². The van der Waals surface area contributed by atoms with Crippen LogP contribution in [0.5, 0.6) is 0 Å². The maximum Gasteiger partial charge on any atom is 0.0736 e. The highest BCUT2D eigenvalue weighted by Gasteiger charge is 2.54. The number of rotatable bonds is 10. The maximum atomic E-state index is 3.84. The molecule has 0 radical (unpaired) electrons. The third-order valence-electron chi connectivity index (χ3n) is 27.5. The fraction of sp³-hybridized carbons (Fsp3) is 0.0240. The Morgan fingerprint density at radius 2 is 0.427 bits per heavy atom. The molecule has 0 fully saturated rings. The van der Waals surface area contributed by atoms with Crippen molar-refractivity contribution < 1.29 is 0 Å². The zero-order valence-corrected chi connectivity index (χ0v) is 73.9. The molecule has 3 aliphatic heterocycles. The summed E-state index contributed by atoms with van der Waals surface area (Å²) in [4.78, 5) is 7.89. The Bertz CT molecular complexity index is 7980. The van der Waals surface area contributed by atoms with E-state index in [-0.39, 0.29) is 16.2 Å². The van der Waals surface area contributed by atoms with Crippen LogP contribution in [0.4, 0.5) is 34.1 Å². The minimum atomic E-state index is -0.374. The Morgan fingerprint density at radius 1 is 0.145 bits per heavy atom. The normalized spacial score (nSPS) is 13.6. The molecule has 3 heterocycles. The van der Waals surface area contributed by atoms with Crippen molar-refractivity contribution in [3.63, 3.8) is 0 Å². The Kier molecular flexibility index (Phi) is 19.1. The lowest BCUT2D eigenvalue weighted by Crippen LogP contribution is -2.32. The van der Waals surface area contributed by atoms with Gasteiger partial charge in [0, 0.05) is 68.9 Å². The van der Waals surface area contributed by atoms with Gasteiger partial charge < -0.3 is 16.0 Å². The van der Waals surface area contributed by atoms with E-state index >= 15 is 0 Å². The van der Waals surface area contributed by atoms with Crippen molar-refractivity contribution in [3.8, 4) is 77.9 Å². The lowest BCUT2D eigenvalue weighted by molar-refractivity contribution is 0.723. The zero-order valence-electron chi connectivity index (χ0n) is 71.4. The summed E-state index contributed by atoms with van der Waals surface area (Å²) in [6.45, 7) is 0. The Hall–Kier alpha value is -15.4. The predicted octanol–water partition coefficient (Wildman–Crippen LogP) is 33.7. The van der Waals surface area contributed by atoms with E-state index in [2.05, 4.69) is 501 Å². The number of benzene rings is 21. The van der Waals surface area contributed by atoms with Gasteiger partial charge in [-0.15, -0.1) is 0 Å². The number of hydrogen-bond donors (Lipinski definition) is 3. The molecule has 6 aliphatic rings. The van der Waals surface area contributed by atoms with E-state index in [0.29, 0.717) is 0 Å². The van der Waals surface area contributed by atoms with Crippen LogP contribution in [0, 0.1) is 0 Å². The largest absolute Gasteiger partial charge is 0.355 e. The first-order chi connectivity index (χ1) is 64.9. The fourth-order valence-corrected chi connectivity index (χ4v) is 25.5. The molecule has 3 N–H and O–H groups in total. The van der Waals surface area contributed by atoms with E-state index in [1.807, 2.05) is 35.3 Å². The van der Waals surface area contributed by atoms with Crippen molar-refractivity contribution in [2.24, 2.45) is 0 Å². The molecule has 131 heavy (non-hydrogen) atoms. The number of anilines is 6. The van der Waals surface area contributed by atoms with E-state index in [9.17, 15) is 0 Å². The molecule has 0 bridgehead atoms. The van der Waals surface area contributed by atoms with Gasteiger partial charge in [0.15, 0.2) is 0 Å². The van der Waals surface area contributed by atoms with Gasteiger partial charge in [-0.25, -0.2) is 0 Å². The van der Waals surface area contributed by atoms with Crippen LogP contribution in [0.3, 0.4) is 0 Å². The number of nitrogens with one attached hydrogen (secondary N) is 3. The monoisotopic (exact) mass is 1720 g/mol. The second-order valence-electron chi connectivity index (χ2n) is 34.6. The third kappa shape index (κ3) is 12.8. The van der Waals surface area contributed by atoms with E-state index in [0.717, 1.165) is 34.1 Å². The van der Waals surface area contributed by atoms with Crippen molar-refractivity contribution in [1.82, 2.24) is 0 Å². The Labute approximate surface area is 776 Å². The Morgan fingerprint density at radius 3 is 0.870 bits per heavy atom. The van der Waals surface area contributed by atoms with Crippen molar-refractivity contribution in [2.45, 2.75) is 45.6 Å². The van der Waals surface area contributed by atoms with Gasteiger partial charge in [-0.1, -0.05) is 411 Å². The van der Waals surface area contributed by atoms with Gasteiger partial charge in [-0.3, -0.25) is 0 Å². The van der Waals surface area contributed by atoms with Crippen LogP contribution in [0.15, 0.2) is 515 Å². The average Bonchev–Trinajstić information content (AvgIpc) is 1.55. The second kappa shape index (κ2) is 32.1. The quantitative estimate of drug-likeness (QED) is 0.127. The Balaban J connectivity index is 0.000000106. The number of hydrogen-bond acceptors (Lipinski definition) is 6. The molecule has 0 unspecified atom stereocenters. The average molecular weight is 1720 g/mol. The molecular formula is C125H83N3S3. The molecular weight excluding hydrogens is 1640 g/mol. The molecule has 6 heteroatoms. The number of fused-ring (bicyclic) bond motifs is 29. The summed E-state index contributed by atoms with van der Waals surface area (Å²) < 4.78 is 0. The first-order valence-electron chi connectivity index (χ1n) is 45.0. The smallest absolute Gasteiger partial charge is 0.0736 e. The molecule has 3 aliphatic carbocycles. The van der Waals surface area contributed by atoms with Gasteiger partial charge in [0.25, 0.3) is 0 Å². The van der Waals surface area contributed by atoms with Crippen molar-refractivity contribution >= 4 is 91.0 Å². The molecule has 0 aromatic heterocycles. The maximum absolute atomic E-state index is 3.84. The molecule has 21 aromatic carbocycles. The molecule has 3 nitrogen and oxygen atoms in total. The standard InChI is InChI=1S/C43H29NS.2C41H27NS/c1-2-11-29(12-3-1)30-21-23-31(24-22-30)32-13-10-14-33(27-32)44-34-25-26-42-40(28-34)43(39-19-8-9-20-41(39)45-42)37-17-6-4-15-35(37)36-16-5-7-18-38(36)43;1-2-12-27(13-3-1)29-16-10-18-33-30(29)17-11-22-38(33)42-28-24-25-40-37(26-28)41(36-21-8-9-23-39(36)43-40)34-19-6-4-14-31(34)32-15-5-7-20-35(32)41;1-2-10-27(11-3-1)29-19-18-28-20-21-31(25-30(28)24-29)42-32-22-23-40-38(26-32)41(37-16-8-9-17-39(37)43-40)35-14-6-4-12-33(35)34-13-5-7-15-36(34)41/h1-28,44H;2*1-26,42H. The molecule has 0 amide bonds. The predicted molar refractivity (Wildman–Crippen MR) is 550 cm³/mol. The molecule has 21 aromatic rings. The molecule has 0 atom stereocenters. The van der Waals surface area contributed by atoms with Crippen LogP contribution < -0.4 is 16.0 Å². The zero-order chi connectivity index (χ0) is 86.6. The molecule has 0 saturated heterocycles. The minimum Gasteiger partial charge on any atom is -0.355 e. The van der Waals surface area contributed by atoms with Gasteiger partial charge in [0.05, 0.1) is 16.2 Å². The lowest BCUT2D eigenvalue weighted by atomic mass is 9.67. The molecule has 27 rings (SSSR count). The molecule has 0 saturated carbocycles. The van der Waals surface area contributed by atoms with Crippen molar-refractivity contribution in [2.75, 3.05) is 16.0 Å². The SMILES string of the molecule is c1ccc(-c2ccc(-c3cccc(Nc4ccc5c(c4)C4(c6ccccc6S5)c5ccccc5-c5ccccc54)c3)cc2)cc1.c1ccc(-c2ccc3ccc(Nc4ccc5c(c4)C4(c6ccccc6S5)c5ccccc5-c5ccccc54)cc3c2)cc1.c1ccc(-c2cccc3c(Nc4ccc5c(c4)C4(c6ccccc6S5)c5ccccc5-c5ccccc54)cccc23)cc1. The van der Waals surface area contributed by atoms with E-state index < -0.39 is 0 Å². The van der Waals surface area contributed by atoms with E-state index in [1.54, 1.807) is 0 Å². The second-order valence-corrected chi connectivity index (χ2v) is 37.8. The van der Waals surface area contributed by atoms with Crippen LogP contribution in [-0.2, 0) is 16.2 Å². The van der Waals surface area contributed by atoms with Gasteiger partial charge in [0.1, 0.15) is 0 Å². The van der Waals surface area contributed by atoms with Gasteiger partial charge in [0.2, 0.25) is 0 Å². The summed E-state index contributed by atoms with van der Waals surface area (Å²) in [6.07, 6.45) is 0. The van der Waals surface area contributed by atoms with Gasteiger partial charge in [-0.05, 0) is 270 Å². The fourth-order valence-electron chi connectivity index (χ4n) is 22.0. The highest BCUT2D eigenvalue weighted by molar-refractivity contribution is 8.00.